The molecule has 502 valence electrons. The van der Waals surface area contributed by atoms with E-state index in [0.717, 1.165) is 83.5 Å². The molecular formula is C76H141NO8P+. The van der Waals surface area contributed by atoms with Gasteiger partial charge in [-0.2, -0.15) is 0 Å². The molecule has 86 heavy (non-hydrogen) atoms. The van der Waals surface area contributed by atoms with Crippen molar-refractivity contribution in [1.29, 1.82) is 0 Å². The van der Waals surface area contributed by atoms with Gasteiger partial charge in [0.1, 0.15) is 19.8 Å². The van der Waals surface area contributed by atoms with E-state index in [1.807, 2.05) is 21.1 Å². The fourth-order valence-corrected chi connectivity index (χ4v) is 11.4. The first kappa shape index (κ1) is 83.5. The topological polar surface area (TPSA) is 108 Å². The number of phosphoric ester groups is 1. The van der Waals surface area contributed by atoms with Gasteiger partial charge < -0.3 is 18.9 Å². The van der Waals surface area contributed by atoms with Gasteiger partial charge in [-0.25, -0.2) is 4.57 Å². The normalized spacial score (nSPS) is 13.5. The number of carbonyl (C=O) groups excluding carboxylic acids is 2. The lowest BCUT2D eigenvalue weighted by atomic mass is 10.0. The van der Waals surface area contributed by atoms with E-state index in [2.05, 4.69) is 86.8 Å². The average molecular weight is 1230 g/mol. The number of carbonyl (C=O) groups is 2. The van der Waals surface area contributed by atoms with E-state index >= 15 is 0 Å². The van der Waals surface area contributed by atoms with E-state index < -0.39 is 26.5 Å². The van der Waals surface area contributed by atoms with E-state index in [-0.39, 0.29) is 32.0 Å². The fourth-order valence-electron chi connectivity index (χ4n) is 10.7. The maximum absolute atomic E-state index is 12.9. The van der Waals surface area contributed by atoms with Crippen molar-refractivity contribution in [1.82, 2.24) is 0 Å². The maximum Gasteiger partial charge on any atom is 0.472 e. The molecule has 0 bridgehead atoms. The molecule has 0 aliphatic carbocycles. The van der Waals surface area contributed by atoms with Gasteiger partial charge in [0.2, 0.25) is 0 Å². The van der Waals surface area contributed by atoms with Crippen LogP contribution in [-0.4, -0.2) is 74.9 Å². The number of phosphoric acid groups is 1. The number of likely N-dealkylation sites (N-methyl/N-ethyl adjacent to an activating group) is 1. The standard InChI is InChI=1S/C76H140NO8P/c1-6-8-10-12-14-16-18-20-22-24-26-28-30-32-34-35-36-37-38-39-40-41-43-44-46-48-50-52-54-56-58-60-62-64-66-68-75(78)82-72-74(73-84-86(80,81)83-71-70-77(3,4)5)85-76(79)69-67-65-63-61-59-57-55-53-51-49-47-45-42-33-31-29-27-25-23-21-19-17-15-13-11-9-7-2/h9,11,15,17,21,23,27,29,33,42,47,49,74H,6-8,10,12-14,16,18-20,22,24-26,28,30-32,34-41,43-46,48,50-73H2,1-5H3/p+1/b11-9-,17-15-,23-21-,29-27-,42-33-,49-47-. The predicted molar refractivity (Wildman–Crippen MR) is 372 cm³/mol. The lowest BCUT2D eigenvalue weighted by Gasteiger charge is -2.24. The van der Waals surface area contributed by atoms with Crippen LogP contribution in [0.2, 0.25) is 0 Å². The van der Waals surface area contributed by atoms with Crippen LogP contribution >= 0.6 is 7.82 Å². The molecule has 0 rings (SSSR count). The molecule has 0 radical (unpaired) electrons. The molecule has 10 heteroatoms. The van der Waals surface area contributed by atoms with E-state index in [4.69, 9.17) is 18.5 Å². The third-order valence-corrected chi connectivity index (χ3v) is 17.2. The van der Waals surface area contributed by atoms with Crippen molar-refractivity contribution in [3.8, 4) is 0 Å². The van der Waals surface area contributed by atoms with E-state index in [9.17, 15) is 19.0 Å². The number of esters is 2. The number of rotatable bonds is 68. The SMILES string of the molecule is CC/C=C\C/C=C\C/C=C\C/C=C\C/C=C\C/C=C\CCCCCCCCCCC(=O)OC(COC(=O)CCCCCCCCCCCCCCCCCCCCCCCCCCCCCCCCCCCCC)COP(=O)(O)OCC[N+](C)(C)C. The van der Waals surface area contributed by atoms with Gasteiger partial charge >= 0.3 is 19.8 Å². The Balaban J connectivity index is 3.99. The highest BCUT2D eigenvalue weighted by molar-refractivity contribution is 7.47. The minimum atomic E-state index is -4.40. The third kappa shape index (κ3) is 70.5. The van der Waals surface area contributed by atoms with Crippen LogP contribution in [0.15, 0.2) is 72.9 Å². The second-order valence-electron chi connectivity index (χ2n) is 26.0. The molecule has 1 N–H and O–H groups in total. The average Bonchev–Trinajstić information content (AvgIpc) is 3.53. The van der Waals surface area contributed by atoms with Crippen molar-refractivity contribution in [3.63, 3.8) is 0 Å². The molecule has 0 fully saturated rings. The van der Waals surface area contributed by atoms with E-state index in [1.54, 1.807) is 0 Å². The van der Waals surface area contributed by atoms with Crippen molar-refractivity contribution < 1.29 is 42.1 Å². The molecule has 2 unspecified atom stereocenters. The number of unbranched alkanes of at least 4 members (excludes halogenated alkanes) is 42. The number of allylic oxidation sites excluding steroid dienone is 12. The zero-order valence-corrected chi connectivity index (χ0v) is 58.2. The predicted octanol–water partition coefficient (Wildman–Crippen LogP) is 23.9. The Morgan fingerprint density at radius 3 is 0.988 bits per heavy atom. The Bertz CT molecular complexity index is 1680. The molecule has 0 aromatic rings. The molecule has 0 heterocycles. The molecule has 0 saturated heterocycles. The summed E-state index contributed by atoms with van der Waals surface area (Å²) in [5, 5.41) is 0. The van der Waals surface area contributed by atoms with Crippen molar-refractivity contribution in [2.75, 3.05) is 47.5 Å². The Morgan fingerprint density at radius 2 is 0.663 bits per heavy atom. The van der Waals surface area contributed by atoms with Gasteiger partial charge in [0.25, 0.3) is 0 Å². The lowest BCUT2D eigenvalue weighted by Crippen LogP contribution is -2.37. The molecule has 0 spiro atoms. The van der Waals surface area contributed by atoms with Gasteiger partial charge in [-0.15, -0.1) is 0 Å². The Morgan fingerprint density at radius 1 is 0.372 bits per heavy atom. The smallest absolute Gasteiger partial charge is 0.462 e. The molecule has 0 aliphatic rings. The number of nitrogens with zero attached hydrogens (tertiary/aromatic N) is 1. The molecular weight excluding hydrogens is 1090 g/mol. The third-order valence-electron chi connectivity index (χ3n) is 16.3. The number of ether oxygens (including phenoxy) is 2. The number of hydrogen-bond donors (Lipinski definition) is 1. The summed E-state index contributed by atoms with van der Waals surface area (Å²) in [6, 6.07) is 0. The van der Waals surface area contributed by atoms with Gasteiger partial charge in [-0.05, 0) is 64.2 Å². The minimum absolute atomic E-state index is 0.0286. The van der Waals surface area contributed by atoms with Crippen LogP contribution in [0.3, 0.4) is 0 Å². The second kappa shape index (κ2) is 66.9. The van der Waals surface area contributed by atoms with Gasteiger partial charge in [0, 0.05) is 12.8 Å². The zero-order valence-electron chi connectivity index (χ0n) is 57.3. The molecule has 9 nitrogen and oxygen atoms in total. The highest BCUT2D eigenvalue weighted by Crippen LogP contribution is 2.43. The van der Waals surface area contributed by atoms with Gasteiger partial charge in [-0.3, -0.25) is 18.6 Å². The zero-order chi connectivity index (χ0) is 62.6. The summed E-state index contributed by atoms with van der Waals surface area (Å²) >= 11 is 0. The number of quaternary nitrogens is 1. The summed E-state index contributed by atoms with van der Waals surface area (Å²) in [6.45, 7) is 4.36. The van der Waals surface area contributed by atoms with Crippen molar-refractivity contribution in [2.24, 2.45) is 0 Å². The first-order valence-electron chi connectivity index (χ1n) is 36.7. The van der Waals surface area contributed by atoms with Crippen LogP contribution in [0.5, 0.6) is 0 Å². The van der Waals surface area contributed by atoms with Crippen molar-refractivity contribution in [3.05, 3.63) is 72.9 Å². The van der Waals surface area contributed by atoms with Crippen LogP contribution in [0.4, 0.5) is 0 Å². The van der Waals surface area contributed by atoms with Gasteiger partial charge in [0.15, 0.2) is 6.10 Å². The first-order valence-corrected chi connectivity index (χ1v) is 38.2. The second-order valence-corrected chi connectivity index (χ2v) is 27.4. The highest BCUT2D eigenvalue weighted by Gasteiger charge is 2.27. The Hall–Kier alpha value is -2.55. The Labute approximate surface area is 533 Å². The van der Waals surface area contributed by atoms with Crippen LogP contribution in [-0.2, 0) is 32.7 Å². The van der Waals surface area contributed by atoms with E-state index in [1.165, 1.54) is 231 Å². The largest absolute Gasteiger partial charge is 0.472 e. The summed E-state index contributed by atoms with van der Waals surface area (Å²) in [5.74, 6) is -0.795. The first-order chi connectivity index (χ1) is 42.0. The molecule has 0 amide bonds. The summed E-state index contributed by atoms with van der Waals surface area (Å²) < 4.78 is 34.7. The number of hydrogen-bond acceptors (Lipinski definition) is 7. The van der Waals surface area contributed by atoms with Gasteiger partial charge in [0.05, 0.1) is 27.7 Å². The molecule has 2 atom stereocenters. The molecule has 0 aromatic heterocycles. The summed E-state index contributed by atoms with van der Waals surface area (Å²) in [4.78, 5) is 35.9. The highest BCUT2D eigenvalue weighted by atomic mass is 31.2. The summed E-state index contributed by atoms with van der Waals surface area (Å²) in [7, 11) is 1.48. The van der Waals surface area contributed by atoms with Crippen LogP contribution in [0.1, 0.15) is 348 Å². The summed E-state index contributed by atoms with van der Waals surface area (Å²) in [5.41, 5.74) is 0. The van der Waals surface area contributed by atoms with Crippen molar-refractivity contribution >= 4 is 19.8 Å². The maximum atomic E-state index is 12.9. The monoisotopic (exact) mass is 1230 g/mol. The quantitative estimate of drug-likeness (QED) is 0.0211. The van der Waals surface area contributed by atoms with Crippen LogP contribution in [0.25, 0.3) is 0 Å². The van der Waals surface area contributed by atoms with E-state index in [0.29, 0.717) is 17.4 Å². The molecule has 0 aliphatic heterocycles. The molecule has 0 aromatic carbocycles. The Kier molecular flexibility index (Phi) is 64.9. The lowest BCUT2D eigenvalue weighted by molar-refractivity contribution is -0.870. The van der Waals surface area contributed by atoms with Gasteiger partial charge in [-0.1, -0.05) is 344 Å². The summed E-state index contributed by atoms with van der Waals surface area (Å²) in [6.07, 6.45) is 90.3. The minimum Gasteiger partial charge on any atom is -0.462 e. The fraction of sp³-hybridized carbons (Fsp3) is 0.816. The van der Waals surface area contributed by atoms with Crippen LogP contribution in [0, 0.1) is 0 Å². The van der Waals surface area contributed by atoms with Crippen molar-refractivity contribution in [2.45, 2.75) is 354 Å². The van der Waals surface area contributed by atoms with Crippen LogP contribution < -0.4 is 0 Å². The molecule has 0 saturated carbocycles.